The Morgan fingerprint density at radius 3 is 2.64 bits per heavy atom. The molecule has 0 radical (unpaired) electrons. The van der Waals surface area contributed by atoms with Crippen LogP contribution in [0.25, 0.3) is 11.3 Å². The first-order valence-electron chi connectivity index (χ1n) is 12.2. The summed E-state index contributed by atoms with van der Waals surface area (Å²) in [6.07, 6.45) is 2.88. The Labute approximate surface area is 215 Å². The molecule has 0 aliphatic carbocycles. The molecule has 2 aliphatic heterocycles. The Morgan fingerprint density at radius 1 is 1.17 bits per heavy atom. The molecule has 3 heterocycles. The van der Waals surface area contributed by atoms with E-state index in [0.29, 0.717) is 28.3 Å². The van der Waals surface area contributed by atoms with Gasteiger partial charge in [0, 0.05) is 58.8 Å². The molecule has 0 saturated carbocycles. The molecule has 1 aromatic heterocycles. The summed E-state index contributed by atoms with van der Waals surface area (Å²) < 4.78 is 0. The third-order valence-corrected chi connectivity index (χ3v) is 6.97. The van der Waals surface area contributed by atoms with Crippen LogP contribution in [0.3, 0.4) is 0 Å². The van der Waals surface area contributed by atoms with Gasteiger partial charge in [-0.3, -0.25) is 9.59 Å². The Hall–Kier alpha value is -3.49. The smallest absolute Gasteiger partial charge is 0.253 e. The number of halogens is 1. The molecule has 8 nitrogen and oxygen atoms in total. The zero-order valence-electron chi connectivity index (χ0n) is 20.6. The fourth-order valence-corrected chi connectivity index (χ4v) is 5.04. The quantitative estimate of drug-likeness (QED) is 0.539. The Bertz CT molecular complexity index is 1310. The number of carbonyl (C=O) groups excluding carboxylic acids is 2. The predicted octanol–water partition coefficient (Wildman–Crippen LogP) is 4.27. The van der Waals surface area contributed by atoms with Gasteiger partial charge in [0.1, 0.15) is 0 Å². The van der Waals surface area contributed by atoms with Gasteiger partial charge >= 0.3 is 0 Å². The first-order chi connectivity index (χ1) is 17.3. The van der Waals surface area contributed by atoms with E-state index < -0.39 is 0 Å². The zero-order valence-corrected chi connectivity index (χ0v) is 21.3. The van der Waals surface area contributed by atoms with Gasteiger partial charge in [0.05, 0.1) is 17.8 Å². The first kappa shape index (κ1) is 24.2. The van der Waals surface area contributed by atoms with Crippen molar-refractivity contribution >= 4 is 40.7 Å². The van der Waals surface area contributed by atoms with Gasteiger partial charge in [-0.15, -0.1) is 0 Å². The molecule has 186 valence electrons. The van der Waals surface area contributed by atoms with E-state index in [1.165, 1.54) is 0 Å². The highest BCUT2D eigenvalue weighted by Crippen LogP contribution is 2.38. The van der Waals surface area contributed by atoms with Crippen molar-refractivity contribution < 1.29 is 9.59 Å². The van der Waals surface area contributed by atoms with Gasteiger partial charge in [0.2, 0.25) is 11.9 Å². The number of hydrogen-bond acceptors (Lipinski definition) is 6. The summed E-state index contributed by atoms with van der Waals surface area (Å²) in [6.45, 7) is 5.45. The lowest BCUT2D eigenvalue weighted by molar-refractivity contribution is -0.118. The van der Waals surface area contributed by atoms with Crippen molar-refractivity contribution in [1.82, 2.24) is 20.2 Å². The number of nitrogens with zero attached hydrogens (tertiary/aromatic N) is 4. The van der Waals surface area contributed by atoms with Crippen LogP contribution in [0.4, 0.5) is 17.3 Å². The number of amides is 2. The number of rotatable bonds is 5. The van der Waals surface area contributed by atoms with Crippen LogP contribution in [0.5, 0.6) is 0 Å². The number of carbonyl (C=O) groups is 2. The Balaban J connectivity index is 1.40. The fraction of sp³-hybridized carbons (Fsp3) is 0.333. The summed E-state index contributed by atoms with van der Waals surface area (Å²) in [7, 11) is 1.93. The van der Waals surface area contributed by atoms with E-state index in [4.69, 9.17) is 16.6 Å². The number of aromatic nitrogens is 2. The van der Waals surface area contributed by atoms with E-state index in [0.717, 1.165) is 42.0 Å². The molecule has 1 fully saturated rings. The third-order valence-electron chi connectivity index (χ3n) is 6.74. The van der Waals surface area contributed by atoms with Gasteiger partial charge in [0.25, 0.3) is 5.91 Å². The van der Waals surface area contributed by atoms with Crippen LogP contribution in [0.15, 0.2) is 48.7 Å². The lowest BCUT2D eigenvalue weighted by Gasteiger charge is -2.27. The topological polar surface area (TPSA) is 90.5 Å². The monoisotopic (exact) mass is 504 g/mol. The number of nitrogens with one attached hydrogen (secondary N) is 2. The molecule has 2 amide bonds. The van der Waals surface area contributed by atoms with Gasteiger partial charge in [-0.1, -0.05) is 11.6 Å². The summed E-state index contributed by atoms with van der Waals surface area (Å²) in [5, 5.41) is 7.03. The van der Waals surface area contributed by atoms with Crippen LogP contribution in [0, 0.1) is 0 Å². The molecule has 1 atom stereocenters. The summed E-state index contributed by atoms with van der Waals surface area (Å²) in [5.41, 5.74) is 4.48. The van der Waals surface area contributed by atoms with Crippen molar-refractivity contribution in [2.45, 2.75) is 38.8 Å². The molecular weight excluding hydrogens is 476 g/mol. The summed E-state index contributed by atoms with van der Waals surface area (Å²) in [6, 6.07) is 13.2. The van der Waals surface area contributed by atoms with E-state index in [1.807, 2.05) is 68.3 Å². The van der Waals surface area contributed by atoms with E-state index in [2.05, 4.69) is 15.6 Å². The normalized spacial score (nSPS) is 17.1. The van der Waals surface area contributed by atoms with Crippen LogP contribution >= 0.6 is 11.6 Å². The van der Waals surface area contributed by atoms with Crippen LogP contribution in [-0.4, -0.2) is 58.9 Å². The number of likely N-dealkylation sites (N-methyl/N-ethyl adjacent to an activating group) is 1. The molecule has 2 N–H and O–H groups in total. The van der Waals surface area contributed by atoms with Crippen molar-refractivity contribution in [3.8, 4) is 11.3 Å². The summed E-state index contributed by atoms with van der Waals surface area (Å²) >= 11 is 6.29. The van der Waals surface area contributed by atoms with E-state index >= 15 is 0 Å². The molecule has 2 aromatic carbocycles. The van der Waals surface area contributed by atoms with E-state index in [9.17, 15) is 9.59 Å². The average Bonchev–Trinajstić information content (AvgIpc) is 3.30. The van der Waals surface area contributed by atoms with E-state index in [-0.39, 0.29) is 24.3 Å². The predicted molar refractivity (Wildman–Crippen MR) is 142 cm³/mol. The van der Waals surface area contributed by atoms with Crippen molar-refractivity contribution in [3.63, 3.8) is 0 Å². The maximum absolute atomic E-state index is 13.1. The van der Waals surface area contributed by atoms with Crippen molar-refractivity contribution in [1.29, 1.82) is 0 Å². The molecule has 36 heavy (non-hydrogen) atoms. The molecule has 1 saturated heterocycles. The number of likely N-dealkylation sites (tertiary alicyclic amines) is 1. The van der Waals surface area contributed by atoms with Gasteiger partial charge in [-0.25, -0.2) is 9.97 Å². The summed E-state index contributed by atoms with van der Waals surface area (Å²) in [5.74, 6) is 0.432. The van der Waals surface area contributed by atoms with Gasteiger partial charge in [-0.2, -0.15) is 0 Å². The minimum atomic E-state index is -0.0273. The standard InChI is InChI=1S/C27H29ClN6O2/c1-16(2)34-23-13-19(28)6-9-22(23)25-18(12-24(34)35)14-30-27(32-25)31-20-7-4-17(5-8-20)26(36)33-11-10-21(15-33)29-3/h4-9,13-14,16,21,29H,10-12,15H2,1-3H3,(H,30,31,32). The van der Waals surface area contributed by atoms with Gasteiger partial charge in [0.15, 0.2) is 0 Å². The highest BCUT2D eigenvalue weighted by Gasteiger charge is 2.29. The van der Waals surface area contributed by atoms with Gasteiger partial charge in [-0.05, 0) is 69.8 Å². The molecule has 3 aromatic rings. The summed E-state index contributed by atoms with van der Waals surface area (Å²) in [4.78, 5) is 38.8. The Morgan fingerprint density at radius 2 is 1.94 bits per heavy atom. The van der Waals surface area contributed by atoms with Crippen molar-refractivity contribution in [2.24, 2.45) is 0 Å². The number of fused-ring (bicyclic) bond motifs is 3. The molecule has 0 spiro atoms. The molecule has 9 heteroatoms. The largest absolute Gasteiger partial charge is 0.337 e. The Kier molecular flexibility index (Phi) is 6.64. The lowest BCUT2D eigenvalue weighted by Crippen LogP contribution is -2.37. The van der Waals surface area contributed by atoms with Crippen molar-refractivity contribution in [2.75, 3.05) is 30.4 Å². The average molecular weight is 505 g/mol. The highest BCUT2D eigenvalue weighted by molar-refractivity contribution is 6.31. The minimum absolute atomic E-state index is 0.0177. The van der Waals surface area contributed by atoms with E-state index in [1.54, 1.807) is 11.1 Å². The molecule has 2 aliphatic rings. The maximum Gasteiger partial charge on any atom is 0.253 e. The second kappa shape index (κ2) is 9.87. The van der Waals surface area contributed by atoms with Crippen LogP contribution in [0.1, 0.15) is 36.2 Å². The number of benzene rings is 2. The molecule has 1 unspecified atom stereocenters. The second-order valence-electron chi connectivity index (χ2n) is 9.49. The van der Waals surface area contributed by atoms with Crippen molar-refractivity contribution in [3.05, 3.63) is 64.8 Å². The maximum atomic E-state index is 13.1. The van der Waals surface area contributed by atoms with Crippen LogP contribution < -0.4 is 15.5 Å². The zero-order chi connectivity index (χ0) is 25.4. The minimum Gasteiger partial charge on any atom is -0.337 e. The molecule has 5 rings (SSSR count). The third kappa shape index (κ3) is 4.66. The first-order valence-corrected chi connectivity index (χ1v) is 12.5. The lowest BCUT2D eigenvalue weighted by atomic mass is 10.0. The highest BCUT2D eigenvalue weighted by atomic mass is 35.5. The SMILES string of the molecule is CNC1CCN(C(=O)c2ccc(Nc3ncc4c(n3)-c3ccc(Cl)cc3N(C(C)C)C(=O)C4)cc2)C1. The van der Waals surface area contributed by atoms with Crippen LogP contribution in [-0.2, 0) is 11.2 Å². The molecular formula is C27H29ClN6O2. The van der Waals surface area contributed by atoms with Gasteiger partial charge < -0.3 is 20.4 Å². The number of hydrogen-bond donors (Lipinski definition) is 2. The van der Waals surface area contributed by atoms with Crippen LogP contribution in [0.2, 0.25) is 5.02 Å². The number of anilines is 3. The fourth-order valence-electron chi connectivity index (χ4n) is 4.87. The second-order valence-corrected chi connectivity index (χ2v) is 9.93. The molecule has 0 bridgehead atoms.